The van der Waals surface area contributed by atoms with Crippen LogP contribution in [0.15, 0.2) is 24.3 Å². The fourth-order valence-corrected chi connectivity index (χ4v) is 1.69. The van der Waals surface area contributed by atoms with Crippen LogP contribution in [0.1, 0.15) is 15.9 Å². The lowest BCUT2D eigenvalue weighted by Crippen LogP contribution is -2.44. The molecule has 0 spiro atoms. The second-order valence-corrected chi connectivity index (χ2v) is 4.29. The molecule has 0 aliphatic carbocycles. The zero-order valence-corrected chi connectivity index (χ0v) is 11.7. The first kappa shape index (κ1) is 16.1. The molecular formula is C14H20N2O4. The lowest BCUT2D eigenvalue weighted by Gasteiger charge is -2.11. The van der Waals surface area contributed by atoms with Crippen molar-refractivity contribution in [2.24, 2.45) is 5.73 Å². The van der Waals surface area contributed by atoms with Crippen LogP contribution < -0.4 is 11.1 Å². The predicted molar refractivity (Wildman–Crippen MR) is 74.3 cm³/mol. The Kier molecular flexibility index (Phi) is 6.69. The Labute approximate surface area is 118 Å². The Morgan fingerprint density at radius 1 is 1.35 bits per heavy atom. The van der Waals surface area contributed by atoms with Crippen LogP contribution in [-0.2, 0) is 20.7 Å². The molecular weight excluding hydrogens is 260 g/mol. The second kappa shape index (κ2) is 8.29. The maximum absolute atomic E-state index is 11.6. The van der Waals surface area contributed by atoms with Gasteiger partial charge in [-0.3, -0.25) is 4.79 Å². The second-order valence-electron chi connectivity index (χ2n) is 4.29. The molecule has 0 aliphatic rings. The van der Waals surface area contributed by atoms with Crippen molar-refractivity contribution in [2.75, 3.05) is 27.4 Å². The smallest absolute Gasteiger partial charge is 0.337 e. The quantitative estimate of drug-likeness (QED) is 0.692. The number of carbonyl (C=O) groups is 2. The monoisotopic (exact) mass is 280 g/mol. The lowest BCUT2D eigenvalue weighted by molar-refractivity contribution is -0.123. The Morgan fingerprint density at radius 3 is 2.75 bits per heavy atom. The number of hydrogen-bond donors (Lipinski definition) is 2. The summed E-state index contributed by atoms with van der Waals surface area (Å²) in [6.45, 7) is 0.629. The SMILES string of the molecule is COCC(N)C(=O)NCCc1cccc(C(=O)OC)c1. The number of rotatable bonds is 7. The van der Waals surface area contributed by atoms with E-state index in [-0.39, 0.29) is 18.5 Å². The van der Waals surface area contributed by atoms with Crippen LogP contribution in [0.25, 0.3) is 0 Å². The van der Waals surface area contributed by atoms with Gasteiger partial charge in [0.25, 0.3) is 0 Å². The summed E-state index contributed by atoms with van der Waals surface area (Å²) in [5.41, 5.74) is 7.02. The molecule has 1 aromatic carbocycles. The molecule has 0 saturated carbocycles. The van der Waals surface area contributed by atoms with Gasteiger partial charge in [-0.05, 0) is 24.1 Å². The standard InChI is InChI=1S/C14H20N2O4/c1-19-9-12(15)13(17)16-7-6-10-4-3-5-11(8-10)14(18)20-2/h3-5,8,12H,6-7,9,15H2,1-2H3,(H,16,17). The van der Waals surface area contributed by atoms with E-state index in [1.165, 1.54) is 14.2 Å². The molecule has 0 fully saturated rings. The van der Waals surface area contributed by atoms with Crippen molar-refractivity contribution in [3.05, 3.63) is 35.4 Å². The van der Waals surface area contributed by atoms with E-state index >= 15 is 0 Å². The van der Waals surface area contributed by atoms with Crippen LogP contribution in [0, 0.1) is 0 Å². The molecule has 0 radical (unpaired) electrons. The van der Waals surface area contributed by atoms with Gasteiger partial charge in [-0.15, -0.1) is 0 Å². The zero-order chi connectivity index (χ0) is 15.0. The molecule has 6 nitrogen and oxygen atoms in total. The number of ether oxygens (including phenoxy) is 2. The van der Waals surface area contributed by atoms with E-state index in [9.17, 15) is 9.59 Å². The number of carbonyl (C=O) groups excluding carboxylic acids is 2. The molecule has 6 heteroatoms. The maximum atomic E-state index is 11.6. The number of amides is 1. The minimum atomic E-state index is -0.665. The molecule has 1 amide bonds. The first-order valence-electron chi connectivity index (χ1n) is 6.28. The average molecular weight is 280 g/mol. The number of esters is 1. The fourth-order valence-electron chi connectivity index (χ4n) is 1.69. The maximum Gasteiger partial charge on any atom is 0.337 e. The van der Waals surface area contributed by atoms with E-state index in [0.29, 0.717) is 18.5 Å². The summed E-state index contributed by atoms with van der Waals surface area (Å²) in [5, 5.41) is 2.72. The summed E-state index contributed by atoms with van der Waals surface area (Å²) in [6, 6.07) is 6.42. The Morgan fingerprint density at radius 2 is 2.10 bits per heavy atom. The summed E-state index contributed by atoms with van der Waals surface area (Å²) in [7, 11) is 2.83. The number of nitrogens with two attached hydrogens (primary N) is 1. The first-order valence-corrected chi connectivity index (χ1v) is 6.28. The largest absolute Gasteiger partial charge is 0.465 e. The van der Waals surface area contributed by atoms with Gasteiger partial charge in [0.2, 0.25) is 5.91 Å². The topological polar surface area (TPSA) is 90.6 Å². The number of nitrogens with one attached hydrogen (secondary N) is 1. The molecule has 0 saturated heterocycles. The highest BCUT2D eigenvalue weighted by Gasteiger charge is 2.12. The van der Waals surface area contributed by atoms with Crippen LogP contribution in [0.4, 0.5) is 0 Å². The molecule has 1 aromatic rings. The number of methoxy groups -OCH3 is 2. The van der Waals surface area contributed by atoms with Gasteiger partial charge in [0, 0.05) is 13.7 Å². The molecule has 1 rings (SSSR count). The van der Waals surface area contributed by atoms with E-state index in [1.807, 2.05) is 6.07 Å². The van der Waals surface area contributed by atoms with Gasteiger partial charge in [-0.2, -0.15) is 0 Å². The highest BCUT2D eigenvalue weighted by atomic mass is 16.5. The van der Waals surface area contributed by atoms with Gasteiger partial charge in [0.1, 0.15) is 6.04 Å². The third-order valence-corrected chi connectivity index (χ3v) is 2.74. The van der Waals surface area contributed by atoms with Crippen molar-refractivity contribution < 1.29 is 19.1 Å². The lowest BCUT2D eigenvalue weighted by atomic mass is 10.1. The molecule has 3 N–H and O–H groups in total. The van der Waals surface area contributed by atoms with Crippen LogP contribution >= 0.6 is 0 Å². The molecule has 110 valence electrons. The summed E-state index contributed by atoms with van der Waals surface area (Å²) in [5.74, 6) is -0.631. The minimum Gasteiger partial charge on any atom is -0.465 e. The van der Waals surface area contributed by atoms with Crippen LogP contribution in [0.2, 0.25) is 0 Å². The molecule has 1 atom stereocenters. The van der Waals surface area contributed by atoms with E-state index in [0.717, 1.165) is 5.56 Å². The number of benzene rings is 1. The van der Waals surface area contributed by atoms with Gasteiger partial charge in [0.15, 0.2) is 0 Å². The molecule has 0 aromatic heterocycles. The average Bonchev–Trinajstić information content (AvgIpc) is 2.46. The van der Waals surface area contributed by atoms with Crippen LogP contribution in [-0.4, -0.2) is 45.3 Å². The molecule has 20 heavy (non-hydrogen) atoms. The predicted octanol–water partition coefficient (Wildman–Crippen LogP) is 0.106. The first-order chi connectivity index (χ1) is 9.58. The van der Waals surface area contributed by atoms with Crippen molar-refractivity contribution in [1.82, 2.24) is 5.32 Å². The summed E-state index contributed by atoms with van der Waals surface area (Å²) in [4.78, 5) is 22.9. The van der Waals surface area contributed by atoms with Crippen molar-refractivity contribution in [1.29, 1.82) is 0 Å². The molecule has 0 aliphatic heterocycles. The Hall–Kier alpha value is -1.92. The summed E-state index contributed by atoms with van der Waals surface area (Å²) >= 11 is 0. The van der Waals surface area contributed by atoms with E-state index in [4.69, 9.17) is 10.5 Å². The minimum absolute atomic E-state index is 0.184. The third kappa shape index (κ3) is 4.99. The van der Waals surface area contributed by atoms with Crippen molar-refractivity contribution in [2.45, 2.75) is 12.5 Å². The van der Waals surface area contributed by atoms with E-state index in [2.05, 4.69) is 10.1 Å². The van der Waals surface area contributed by atoms with E-state index < -0.39 is 6.04 Å². The Balaban J connectivity index is 2.46. The van der Waals surface area contributed by atoms with Gasteiger partial charge >= 0.3 is 5.97 Å². The summed E-state index contributed by atoms with van der Waals surface area (Å²) in [6.07, 6.45) is 0.607. The molecule has 1 unspecified atom stereocenters. The summed E-state index contributed by atoms with van der Waals surface area (Å²) < 4.78 is 9.46. The van der Waals surface area contributed by atoms with E-state index in [1.54, 1.807) is 18.2 Å². The van der Waals surface area contributed by atoms with Gasteiger partial charge in [0.05, 0.1) is 19.3 Å². The fraction of sp³-hybridized carbons (Fsp3) is 0.429. The van der Waals surface area contributed by atoms with Gasteiger partial charge < -0.3 is 20.5 Å². The van der Waals surface area contributed by atoms with Crippen molar-refractivity contribution in [3.63, 3.8) is 0 Å². The third-order valence-electron chi connectivity index (χ3n) is 2.74. The van der Waals surface area contributed by atoms with Crippen LogP contribution in [0.5, 0.6) is 0 Å². The van der Waals surface area contributed by atoms with Gasteiger partial charge in [-0.25, -0.2) is 4.79 Å². The zero-order valence-electron chi connectivity index (χ0n) is 11.7. The highest BCUT2D eigenvalue weighted by Crippen LogP contribution is 2.07. The highest BCUT2D eigenvalue weighted by molar-refractivity contribution is 5.89. The molecule has 0 bridgehead atoms. The van der Waals surface area contributed by atoms with Crippen molar-refractivity contribution in [3.8, 4) is 0 Å². The van der Waals surface area contributed by atoms with Gasteiger partial charge in [-0.1, -0.05) is 12.1 Å². The van der Waals surface area contributed by atoms with Crippen LogP contribution in [0.3, 0.4) is 0 Å². The Bertz CT molecular complexity index is 462. The van der Waals surface area contributed by atoms with Crippen molar-refractivity contribution >= 4 is 11.9 Å². The number of hydrogen-bond acceptors (Lipinski definition) is 5. The molecule has 0 heterocycles. The normalized spacial score (nSPS) is 11.8.